The van der Waals surface area contributed by atoms with Gasteiger partial charge in [0.25, 0.3) is 5.91 Å². The van der Waals surface area contributed by atoms with Crippen molar-refractivity contribution in [2.24, 2.45) is 5.92 Å². The third-order valence-electron chi connectivity index (χ3n) is 7.88. The first-order valence-corrected chi connectivity index (χ1v) is 12.5. The zero-order valence-corrected chi connectivity index (χ0v) is 18.1. The molecule has 5 rings (SSSR count). The smallest absolute Gasteiger partial charge is 0.254 e. The molecule has 4 heterocycles. The number of piperidine rings is 2. The van der Waals surface area contributed by atoms with Crippen LogP contribution in [0.2, 0.25) is 0 Å². The van der Waals surface area contributed by atoms with E-state index in [-0.39, 0.29) is 5.91 Å². The molecule has 1 aromatic rings. The molecule has 0 radical (unpaired) electrons. The van der Waals surface area contributed by atoms with E-state index in [0.717, 1.165) is 63.8 Å². The van der Waals surface area contributed by atoms with Crippen molar-refractivity contribution in [3.8, 4) is 0 Å². The normalized spacial score (nSPS) is 30.0. The van der Waals surface area contributed by atoms with Crippen molar-refractivity contribution in [2.75, 3.05) is 26.2 Å². The maximum absolute atomic E-state index is 12.7. The van der Waals surface area contributed by atoms with E-state index in [1.165, 1.54) is 25.7 Å². The molecule has 0 spiro atoms. The van der Waals surface area contributed by atoms with Gasteiger partial charge in [0.05, 0.1) is 5.56 Å². The Kier molecular flexibility index (Phi) is 5.65. The summed E-state index contributed by atoms with van der Waals surface area (Å²) in [5, 5.41) is 3.93. The van der Waals surface area contributed by atoms with Crippen LogP contribution in [0.3, 0.4) is 0 Å². The minimum Gasteiger partial charge on any atom is -0.339 e. The minimum absolute atomic E-state index is 0.193. The van der Waals surface area contributed by atoms with E-state index in [9.17, 15) is 9.59 Å². The predicted octanol–water partition coefficient (Wildman–Crippen LogP) is 3.61. The number of carbonyl (C=O) groups excluding carboxylic acids is 2. The van der Waals surface area contributed by atoms with Crippen LogP contribution in [0.1, 0.15) is 68.1 Å². The highest BCUT2D eigenvalue weighted by molar-refractivity contribution is 7.08. The van der Waals surface area contributed by atoms with Gasteiger partial charge in [-0.1, -0.05) is 12.8 Å². The van der Waals surface area contributed by atoms with Crippen LogP contribution in [0, 0.1) is 5.92 Å². The van der Waals surface area contributed by atoms with Crippen LogP contribution in [-0.4, -0.2) is 70.8 Å². The van der Waals surface area contributed by atoms with Gasteiger partial charge >= 0.3 is 0 Å². The first kappa shape index (κ1) is 19.6. The summed E-state index contributed by atoms with van der Waals surface area (Å²) < 4.78 is 0. The number of nitrogens with zero attached hydrogens (tertiary/aromatic N) is 3. The van der Waals surface area contributed by atoms with E-state index in [0.29, 0.717) is 30.0 Å². The Bertz CT molecular complexity index is 720. The summed E-state index contributed by atoms with van der Waals surface area (Å²) >= 11 is 1.59. The van der Waals surface area contributed by atoms with E-state index in [2.05, 4.69) is 9.80 Å². The minimum atomic E-state index is 0.193. The monoisotopic (exact) mass is 415 g/mol. The zero-order chi connectivity index (χ0) is 19.8. The molecule has 5 nitrogen and oxygen atoms in total. The van der Waals surface area contributed by atoms with Gasteiger partial charge in [-0.15, -0.1) is 0 Å². The van der Waals surface area contributed by atoms with Crippen LogP contribution in [0.25, 0.3) is 0 Å². The summed E-state index contributed by atoms with van der Waals surface area (Å²) in [5.74, 6) is 1.26. The van der Waals surface area contributed by atoms with Crippen LogP contribution >= 0.6 is 11.3 Å². The highest BCUT2D eigenvalue weighted by Gasteiger charge is 2.44. The van der Waals surface area contributed by atoms with E-state index < -0.39 is 0 Å². The summed E-state index contributed by atoms with van der Waals surface area (Å²) in [7, 11) is 0. The fourth-order valence-corrected chi connectivity index (χ4v) is 6.94. The molecule has 3 aliphatic heterocycles. The van der Waals surface area contributed by atoms with Crippen LogP contribution < -0.4 is 0 Å². The van der Waals surface area contributed by atoms with Gasteiger partial charge < -0.3 is 14.7 Å². The standard InChI is InChI=1S/C23H33N3O2S/c27-22-15-17-3-1-2-4-21(17)26(22)20-7-10-24(11-8-20)19-5-12-25(13-6-19)23(28)18-9-14-29-16-18/h9,14,16-17,19-21H,1-8,10-13,15H2/t17-,21-/m0/s1. The van der Waals surface area contributed by atoms with Crippen molar-refractivity contribution in [1.82, 2.24) is 14.7 Å². The second-order valence-electron chi connectivity index (χ2n) is 9.42. The van der Waals surface area contributed by atoms with Crippen LogP contribution in [0.4, 0.5) is 0 Å². The van der Waals surface area contributed by atoms with Crippen molar-refractivity contribution >= 4 is 23.2 Å². The number of carbonyl (C=O) groups is 2. The maximum atomic E-state index is 12.7. The lowest BCUT2D eigenvalue weighted by Gasteiger charge is -2.45. The lowest BCUT2D eigenvalue weighted by atomic mass is 9.84. The molecule has 1 aliphatic carbocycles. The Hall–Kier alpha value is -1.40. The van der Waals surface area contributed by atoms with Crippen LogP contribution in [-0.2, 0) is 4.79 Å². The molecule has 1 aromatic heterocycles. The Morgan fingerprint density at radius 3 is 2.38 bits per heavy atom. The lowest BCUT2D eigenvalue weighted by Crippen LogP contribution is -2.53. The number of rotatable bonds is 3. The van der Waals surface area contributed by atoms with Crippen LogP contribution in [0.5, 0.6) is 0 Å². The van der Waals surface area contributed by atoms with E-state index >= 15 is 0 Å². The first-order valence-electron chi connectivity index (χ1n) is 11.6. The van der Waals surface area contributed by atoms with E-state index in [4.69, 9.17) is 0 Å². The molecule has 4 aliphatic rings. The highest BCUT2D eigenvalue weighted by Crippen LogP contribution is 2.40. The van der Waals surface area contributed by atoms with E-state index in [1.807, 2.05) is 21.7 Å². The van der Waals surface area contributed by atoms with Crippen molar-refractivity contribution < 1.29 is 9.59 Å². The third kappa shape index (κ3) is 3.86. The lowest BCUT2D eigenvalue weighted by molar-refractivity contribution is -0.132. The van der Waals surface area contributed by atoms with Gasteiger partial charge in [0.2, 0.25) is 5.91 Å². The number of hydrogen-bond donors (Lipinski definition) is 0. The Morgan fingerprint density at radius 2 is 1.66 bits per heavy atom. The summed E-state index contributed by atoms with van der Waals surface area (Å²) in [4.78, 5) is 32.2. The Balaban J connectivity index is 1.12. The topological polar surface area (TPSA) is 43.9 Å². The molecule has 29 heavy (non-hydrogen) atoms. The quantitative estimate of drug-likeness (QED) is 0.758. The largest absolute Gasteiger partial charge is 0.339 e. The molecule has 6 heteroatoms. The predicted molar refractivity (Wildman–Crippen MR) is 115 cm³/mol. The number of hydrogen-bond acceptors (Lipinski definition) is 4. The van der Waals surface area contributed by atoms with Crippen molar-refractivity contribution in [2.45, 2.75) is 75.9 Å². The van der Waals surface area contributed by atoms with Crippen molar-refractivity contribution in [1.29, 1.82) is 0 Å². The van der Waals surface area contributed by atoms with Gasteiger partial charge in [0, 0.05) is 56.1 Å². The van der Waals surface area contributed by atoms with Crippen LogP contribution in [0.15, 0.2) is 16.8 Å². The molecule has 0 bridgehead atoms. The fraction of sp³-hybridized carbons (Fsp3) is 0.739. The highest BCUT2D eigenvalue weighted by atomic mass is 32.1. The molecule has 2 amide bonds. The molecule has 0 aromatic carbocycles. The average Bonchev–Trinajstić information content (AvgIpc) is 3.41. The maximum Gasteiger partial charge on any atom is 0.254 e. The number of likely N-dealkylation sites (tertiary alicyclic amines) is 3. The molecule has 1 saturated carbocycles. The second-order valence-corrected chi connectivity index (χ2v) is 10.2. The zero-order valence-electron chi connectivity index (χ0n) is 17.3. The summed E-state index contributed by atoms with van der Waals surface area (Å²) in [5.41, 5.74) is 0.838. The molecule has 2 atom stereocenters. The third-order valence-corrected chi connectivity index (χ3v) is 8.56. The van der Waals surface area contributed by atoms with Crippen molar-refractivity contribution in [3.63, 3.8) is 0 Å². The molecular weight excluding hydrogens is 382 g/mol. The average molecular weight is 416 g/mol. The summed E-state index contributed by atoms with van der Waals surface area (Å²) in [6.45, 7) is 3.95. The SMILES string of the molecule is O=C(c1ccsc1)N1CCC(N2CCC(N3C(=O)C[C@@H]4CCCC[C@@H]43)CC2)CC1. The molecule has 3 saturated heterocycles. The van der Waals surface area contributed by atoms with Crippen molar-refractivity contribution in [3.05, 3.63) is 22.4 Å². The Morgan fingerprint density at radius 1 is 0.931 bits per heavy atom. The van der Waals surface area contributed by atoms with Gasteiger partial charge in [-0.25, -0.2) is 0 Å². The molecular formula is C23H33N3O2S. The Labute approximate surface area is 178 Å². The number of fused-ring (bicyclic) bond motifs is 1. The van der Waals surface area contributed by atoms with Gasteiger partial charge in [-0.3, -0.25) is 9.59 Å². The van der Waals surface area contributed by atoms with Gasteiger partial charge in [-0.2, -0.15) is 11.3 Å². The first-order chi connectivity index (χ1) is 14.2. The fourth-order valence-electron chi connectivity index (χ4n) is 6.31. The number of thiophene rings is 1. The molecule has 0 unspecified atom stereocenters. The molecule has 158 valence electrons. The number of amides is 2. The summed E-state index contributed by atoms with van der Waals surface area (Å²) in [6.07, 6.45) is 10.3. The van der Waals surface area contributed by atoms with E-state index in [1.54, 1.807) is 11.3 Å². The van der Waals surface area contributed by atoms with Gasteiger partial charge in [-0.05, 0) is 55.9 Å². The summed E-state index contributed by atoms with van der Waals surface area (Å²) in [6, 6.07) is 3.53. The molecule has 0 N–H and O–H groups in total. The second kappa shape index (κ2) is 8.38. The molecule has 4 fully saturated rings. The van der Waals surface area contributed by atoms with Gasteiger partial charge in [0.1, 0.15) is 0 Å². The van der Waals surface area contributed by atoms with Gasteiger partial charge in [0.15, 0.2) is 0 Å².